The van der Waals surface area contributed by atoms with Crippen LogP contribution in [-0.2, 0) is 0 Å². The van der Waals surface area contributed by atoms with Crippen LogP contribution in [0.25, 0.3) is 15.9 Å². The highest BCUT2D eigenvalue weighted by Gasteiger charge is 2.17. The summed E-state index contributed by atoms with van der Waals surface area (Å²) in [6, 6.07) is 8.86. The van der Waals surface area contributed by atoms with E-state index in [0.717, 1.165) is 30.4 Å². The summed E-state index contributed by atoms with van der Waals surface area (Å²) in [6.07, 6.45) is 1.20. The molecule has 152 valence electrons. The van der Waals surface area contributed by atoms with Crippen LogP contribution in [0.2, 0.25) is 5.02 Å². The zero-order valence-corrected chi connectivity index (χ0v) is 18.9. The van der Waals surface area contributed by atoms with Crippen molar-refractivity contribution < 1.29 is 5.11 Å². The van der Waals surface area contributed by atoms with Crippen molar-refractivity contribution in [3.8, 4) is 11.6 Å². The summed E-state index contributed by atoms with van der Waals surface area (Å²) in [5, 5.41) is 11.7. The molecule has 0 bridgehead atoms. The molecule has 2 N–H and O–H groups in total. The van der Waals surface area contributed by atoms with Gasteiger partial charge in [0.2, 0.25) is 11.0 Å². The number of rotatable bonds is 3. The number of nitrogens with one attached hydrogen (secondary N) is 1. The highest BCUT2D eigenvalue weighted by Crippen LogP contribution is 2.30. The molecule has 2 aromatic carbocycles. The molecule has 0 saturated heterocycles. The molecule has 7 nitrogen and oxygen atoms in total. The molecule has 0 atom stereocenters. The van der Waals surface area contributed by atoms with E-state index in [1.165, 1.54) is 17.6 Å². The van der Waals surface area contributed by atoms with Crippen molar-refractivity contribution in [2.75, 3.05) is 0 Å². The largest absolute Gasteiger partial charge is 0.493 e. The fourth-order valence-corrected chi connectivity index (χ4v) is 4.49. The minimum Gasteiger partial charge on any atom is -0.493 e. The molecular weight excluding hydrogens is 492 g/mol. The predicted octanol–water partition coefficient (Wildman–Crippen LogP) is 4.62. The van der Waals surface area contributed by atoms with Crippen LogP contribution in [0.4, 0.5) is 5.13 Å². The number of fused-ring (bicyclic) bond motifs is 1. The van der Waals surface area contributed by atoms with E-state index >= 15 is 0 Å². The highest BCUT2D eigenvalue weighted by atomic mass is 79.9. The predicted molar refractivity (Wildman–Crippen MR) is 123 cm³/mol. The number of aromatic amines is 1. The molecule has 0 saturated carbocycles. The van der Waals surface area contributed by atoms with Crippen molar-refractivity contribution in [2.45, 2.75) is 13.8 Å². The van der Waals surface area contributed by atoms with Gasteiger partial charge in [-0.05, 0) is 55.3 Å². The van der Waals surface area contributed by atoms with Crippen LogP contribution in [0.15, 0.2) is 49.4 Å². The number of hydrogen-bond acceptors (Lipinski definition) is 6. The Labute approximate surface area is 187 Å². The maximum absolute atomic E-state index is 12.5. The molecule has 0 unspecified atom stereocenters. The zero-order valence-electron chi connectivity index (χ0n) is 15.7. The van der Waals surface area contributed by atoms with Gasteiger partial charge in [-0.3, -0.25) is 9.78 Å². The lowest BCUT2D eigenvalue weighted by Crippen LogP contribution is -2.31. The first kappa shape index (κ1) is 20.5. The molecule has 0 amide bonds. The van der Waals surface area contributed by atoms with Gasteiger partial charge in [-0.25, -0.2) is 19.3 Å². The second-order valence-electron chi connectivity index (χ2n) is 6.59. The van der Waals surface area contributed by atoms with Crippen molar-refractivity contribution in [1.29, 1.82) is 0 Å². The molecule has 4 rings (SSSR count). The Morgan fingerprint density at radius 2 is 2.00 bits per heavy atom. The third-order valence-corrected chi connectivity index (χ3v) is 6.50. The molecule has 2 heterocycles. The van der Waals surface area contributed by atoms with Crippen molar-refractivity contribution in [1.82, 2.24) is 14.5 Å². The van der Waals surface area contributed by atoms with E-state index in [9.17, 15) is 14.7 Å². The summed E-state index contributed by atoms with van der Waals surface area (Å²) >= 11 is 10.7. The van der Waals surface area contributed by atoms with Gasteiger partial charge in [0.1, 0.15) is 5.56 Å². The average molecular weight is 506 g/mol. The third kappa shape index (κ3) is 3.71. The molecule has 0 fully saturated rings. The van der Waals surface area contributed by atoms with Gasteiger partial charge in [0.25, 0.3) is 5.56 Å². The molecular formula is C20H14BrClN4O3S. The maximum Gasteiger partial charge on any atom is 0.335 e. The fraction of sp³-hybridized carbons (Fsp3) is 0.100. The number of thiazole rings is 1. The second kappa shape index (κ2) is 7.82. The zero-order chi connectivity index (χ0) is 21.6. The number of aromatic nitrogens is 3. The van der Waals surface area contributed by atoms with Crippen LogP contribution in [-0.4, -0.2) is 25.9 Å². The van der Waals surface area contributed by atoms with Crippen LogP contribution >= 0.6 is 38.9 Å². The van der Waals surface area contributed by atoms with Gasteiger partial charge in [0.05, 0.1) is 15.9 Å². The van der Waals surface area contributed by atoms with E-state index in [-0.39, 0.29) is 5.56 Å². The molecule has 0 spiro atoms. The van der Waals surface area contributed by atoms with E-state index in [0.29, 0.717) is 15.8 Å². The second-order valence-corrected chi connectivity index (χ2v) is 8.89. The Morgan fingerprint density at radius 3 is 2.77 bits per heavy atom. The lowest BCUT2D eigenvalue weighted by atomic mass is 10.1. The van der Waals surface area contributed by atoms with Crippen molar-refractivity contribution in [2.24, 2.45) is 4.99 Å². The van der Waals surface area contributed by atoms with Crippen molar-refractivity contribution >= 4 is 60.4 Å². The highest BCUT2D eigenvalue weighted by molar-refractivity contribution is 9.10. The van der Waals surface area contributed by atoms with Gasteiger partial charge in [-0.2, -0.15) is 0 Å². The summed E-state index contributed by atoms with van der Waals surface area (Å²) in [5.74, 6) is -0.499. The van der Waals surface area contributed by atoms with Crippen molar-refractivity contribution in [3.63, 3.8) is 0 Å². The first-order valence-electron chi connectivity index (χ1n) is 8.70. The lowest BCUT2D eigenvalue weighted by molar-refractivity contribution is 0.430. The quantitative estimate of drug-likeness (QED) is 0.397. The molecule has 0 aliphatic rings. The Kier molecular flexibility index (Phi) is 5.35. The minimum atomic E-state index is -0.742. The fourth-order valence-electron chi connectivity index (χ4n) is 2.95. The Hall–Kier alpha value is -2.75. The number of halogens is 2. The number of aromatic hydroxyl groups is 1. The number of hydrogen-bond donors (Lipinski definition) is 2. The van der Waals surface area contributed by atoms with Crippen LogP contribution in [0.5, 0.6) is 5.88 Å². The smallest absolute Gasteiger partial charge is 0.335 e. The molecule has 0 aliphatic heterocycles. The van der Waals surface area contributed by atoms with E-state index in [1.807, 2.05) is 13.0 Å². The van der Waals surface area contributed by atoms with E-state index < -0.39 is 17.1 Å². The topological polar surface area (TPSA) is 100 Å². The van der Waals surface area contributed by atoms with Crippen LogP contribution in [0.1, 0.15) is 16.7 Å². The summed E-state index contributed by atoms with van der Waals surface area (Å²) < 4.78 is 2.77. The number of aryl methyl sites for hydroxylation is 2. The number of benzene rings is 2. The monoisotopic (exact) mass is 504 g/mol. The van der Waals surface area contributed by atoms with Gasteiger partial charge in [-0.1, -0.05) is 38.9 Å². The normalized spacial score (nSPS) is 11.6. The Morgan fingerprint density at radius 1 is 1.23 bits per heavy atom. The van der Waals surface area contributed by atoms with Gasteiger partial charge in [0, 0.05) is 15.7 Å². The van der Waals surface area contributed by atoms with Gasteiger partial charge < -0.3 is 5.11 Å². The van der Waals surface area contributed by atoms with E-state index in [4.69, 9.17) is 11.6 Å². The number of H-pyrrole nitrogens is 1. The SMILES string of the molecule is Cc1cc(-n2c(O)c(C=Nc3nc4ccc(Cl)cc4s3)c(=O)[nH]c2=O)c(C)cc1Br. The van der Waals surface area contributed by atoms with Gasteiger partial charge in [0.15, 0.2) is 0 Å². The van der Waals surface area contributed by atoms with Gasteiger partial charge >= 0.3 is 5.69 Å². The number of nitrogens with zero attached hydrogens (tertiary/aromatic N) is 3. The average Bonchev–Trinajstić information content (AvgIpc) is 3.07. The maximum atomic E-state index is 12.5. The molecule has 30 heavy (non-hydrogen) atoms. The molecule has 4 aromatic rings. The van der Waals surface area contributed by atoms with Crippen LogP contribution in [0.3, 0.4) is 0 Å². The first-order valence-corrected chi connectivity index (χ1v) is 10.7. The third-order valence-electron chi connectivity index (χ3n) is 4.48. The minimum absolute atomic E-state index is 0.146. The molecule has 0 aliphatic carbocycles. The lowest BCUT2D eigenvalue weighted by Gasteiger charge is -2.13. The summed E-state index contributed by atoms with van der Waals surface area (Å²) in [7, 11) is 0. The van der Waals surface area contributed by atoms with Gasteiger partial charge in [-0.15, -0.1) is 0 Å². The standard InChI is InChI=1S/C20H14BrClN4O3S/c1-9-6-15(10(2)5-13(9)21)26-18(28)12(17(27)25-20(26)29)8-23-19-24-14-4-3-11(22)7-16(14)30-19/h3-8,28H,1-2H3,(H,25,27,29). The van der Waals surface area contributed by atoms with Crippen molar-refractivity contribution in [3.05, 3.63) is 77.4 Å². The Bertz CT molecular complexity index is 1460. The summed E-state index contributed by atoms with van der Waals surface area (Å²) in [4.78, 5) is 35.6. The first-order chi connectivity index (χ1) is 14.2. The van der Waals surface area contributed by atoms with Crippen LogP contribution < -0.4 is 11.2 Å². The molecule has 10 heteroatoms. The summed E-state index contributed by atoms with van der Waals surface area (Å²) in [5.41, 5.74) is 1.16. The number of aliphatic imine (C=N–C) groups is 1. The van der Waals surface area contributed by atoms with Crippen LogP contribution in [0, 0.1) is 13.8 Å². The molecule has 2 aromatic heterocycles. The Balaban J connectivity index is 1.84. The molecule has 0 radical (unpaired) electrons. The van der Waals surface area contributed by atoms with E-state index in [1.54, 1.807) is 31.2 Å². The summed E-state index contributed by atoms with van der Waals surface area (Å²) in [6.45, 7) is 3.67. The van der Waals surface area contributed by atoms with E-state index in [2.05, 4.69) is 30.9 Å².